The van der Waals surface area contributed by atoms with Crippen molar-refractivity contribution in [1.29, 1.82) is 0 Å². The summed E-state index contributed by atoms with van der Waals surface area (Å²) in [4.78, 5) is 12.9. The number of carbonyl (C=O) groups is 1. The Balaban J connectivity index is 3.20. The Morgan fingerprint density at radius 2 is 1.85 bits per heavy atom. The Hall–Kier alpha value is -1.43. The average molecular weight is 366 g/mol. The van der Waals surface area contributed by atoms with E-state index in [-0.39, 0.29) is 30.3 Å². The number of aliphatic hydroxyl groups excluding tert-OH is 3. The van der Waals surface area contributed by atoms with Crippen LogP contribution in [0.25, 0.3) is 0 Å². The number of aliphatic hydroxyl groups is 4. The van der Waals surface area contributed by atoms with Crippen molar-refractivity contribution in [3.05, 3.63) is 34.6 Å². The van der Waals surface area contributed by atoms with Gasteiger partial charge in [-0.3, -0.25) is 4.79 Å². The van der Waals surface area contributed by atoms with Crippen molar-refractivity contribution in [3.63, 3.8) is 0 Å². The summed E-state index contributed by atoms with van der Waals surface area (Å²) in [6, 6.07) is 0. The van der Waals surface area contributed by atoms with Crippen LogP contribution in [-0.2, 0) is 4.79 Å². The van der Waals surface area contributed by atoms with E-state index in [9.17, 15) is 20.1 Å². The van der Waals surface area contributed by atoms with Gasteiger partial charge < -0.3 is 20.4 Å². The molecule has 5 heteroatoms. The molecule has 0 heterocycles. The van der Waals surface area contributed by atoms with Crippen molar-refractivity contribution in [1.82, 2.24) is 0 Å². The zero-order chi connectivity index (χ0) is 20.1. The van der Waals surface area contributed by atoms with Crippen molar-refractivity contribution >= 4 is 5.78 Å². The number of allylic oxidation sites excluding steroid dienone is 3. The van der Waals surface area contributed by atoms with Crippen molar-refractivity contribution in [2.45, 2.75) is 72.0 Å². The highest BCUT2D eigenvalue weighted by atomic mass is 16.3. The van der Waals surface area contributed by atoms with Gasteiger partial charge in [-0.05, 0) is 52.4 Å². The van der Waals surface area contributed by atoms with Gasteiger partial charge in [-0.1, -0.05) is 37.1 Å². The van der Waals surface area contributed by atoms with Crippen LogP contribution in [0.2, 0.25) is 0 Å². The van der Waals surface area contributed by atoms with E-state index in [1.165, 1.54) is 0 Å². The van der Waals surface area contributed by atoms with Crippen LogP contribution in [0.5, 0.6) is 0 Å². The highest BCUT2D eigenvalue weighted by Crippen LogP contribution is 2.44. The van der Waals surface area contributed by atoms with Crippen LogP contribution in [-0.4, -0.2) is 44.5 Å². The van der Waals surface area contributed by atoms with Gasteiger partial charge in [0.15, 0.2) is 5.78 Å². The number of carbonyl (C=O) groups excluding carboxylic acids is 1. The molecule has 1 aliphatic rings. The number of hydrogen-bond acceptors (Lipinski definition) is 5. The van der Waals surface area contributed by atoms with E-state index in [4.69, 9.17) is 5.11 Å². The fraction of sp³-hybridized carbons (Fsp3) is 0.667. The molecule has 0 bridgehead atoms. The maximum Gasteiger partial charge on any atom is 0.171 e. The number of Topliss-reactive ketones (excluding diaryl/α,β-unsaturated/α-hetero) is 1. The molecule has 5 nitrogen and oxygen atoms in total. The van der Waals surface area contributed by atoms with Crippen molar-refractivity contribution in [3.8, 4) is 0 Å². The molecule has 0 aliphatic heterocycles. The molecule has 0 radical (unpaired) electrons. The predicted octanol–water partition coefficient (Wildman–Crippen LogP) is 3.21. The van der Waals surface area contributed by atoms with Crippen molar-refractivity contribution in [2.75, 3.05) is 6.61 Å². The first-order valence-corrected chi connectivity index (χ1v) is 9.32. The van der Waals surface area contributed by atoms with E-state index in [1.54, 1.807) is 13.0 Å². The van der Waals surface area contributed by atoms with E-state index in [2.05, 4.69) is 0 Å². The third kappa shape index (κ3) is 5.29. The highest BCUT2D eigenvalue weighted by Gasteiger charge is 2.53. The second kappa shape index (κ2) is 9.49. The van der Waals surface area contributed by atoms with Crippen LogP contribution in [0.15, 0.2) is 34.6 Å². The SMILES string of the molecule is CC(C)=CC[C@@H]1C(=O)C(C(O)CC(C)C)=C(O)[C@]1(O)CCC=C(C)CO. The van der Waals surface area contributed by atoms with Gasteiger partial charge in [0.2, 0.25) is 0 Å². The summed E-state index contributed by atoms with van der Waals surface area (Å²) in [5.41, 5.74) is 0.0492. The van der Waals surface area contributed by atoms with Gasteiger partial charge in [0.25, 0.3) is 0 Å². The number of ketones is 1. The van der Waals surface area contributed by atoms with Crippen LogP contribution >= 0.6 is 0 Å². The molecule has 0 fully saturated rings. The number of rotatable bonds is 9. The average Bonchev–Trinajstić information content (AvgIpc) is 2.71. The Labute approximate surface area is 156 Å². The van der Waals surface area contributed by atoms with Gasteiger partial charge in [-0.15, -0.1) is 0 Å². The summed E-state index contributed by atoms with van der Waals surface area (Å²) in [5, 5.41) is 41.4. The molecular weight excluding hydrogens is 332 g/mol. The van der Waals surface area contributed by atoms with E-state index < -0.39 is 23.4 Å². The normalized spacial score (nSPS) is 25.2. The molecule has 0 spiro atoms. The molecule has 1 aliphatic carbocycles. The Kier molecular flexibility index (Phi) is 8.25. The molecule has 4 N–H and O–H groups in total. The van der Waals surface area contributed by atoms with Crippen LogP contribution in [0.4, 0.5) is 0 Å². The first kappa shape index (κ1) is 22.6. The predicted molar refractivity (Wildman–Crippen MR) is 103 cm³/mol. The van der Waals surface area contributed by atoms with E-state index in [0.717, 1.165) is 11.1 Å². The molecule has 3 atom stereocenters. The lowest BCUT2D eigenvalue weighted by molar-refractivity contribution is -0.125. The summed E-state index contributed by atoms with van der Waals surface area (Å²) in [6.45, 7) is 9.38. The van der Waals surface area contributed by atoms with E-state index in [0.29, 0.717) is 19.3 Å². The van der Waals surface area contributed by atoms with E-state index >= 15 is 0 Å². The molecule has 0 amide bonds. The molecule has 1 rings (SSSR count). The fourth-order valence-corrected chi connectivity index (χ4v) is 3.36. The Morgan fingerprint density at radius 3 is 2.35 bits per heavy atom. The van der Waals surface area contributed by atoms with Gasteiger partial charge >= 0.3 is 0 Å². The third-order valence-electron chi connectivity index (χ3n) is 4.88. The molecule has 26 heavy (non-hydrogen) atoms. The van der Waals surface area contributed by atoms with Gasteiger partial charge in [-0.2, -0.15) is 0 Å². The fourth-order valence-electron chi connectivity index (χ4n) is 3.36. The minimum absolute atomic E-state index is 0.0452. The second-order valence-electron chi connectivity index (χ2n) is 8.01. The molecule has 0 aromatic rings. The minimum Gasteiger partial charge on any atom is -0.509 e. The van der Waals surface area contributed by atoms with Gasteiger partial charge in [0.1, 0.15) is 11.4 Å². The third-order valence-corrected chi connectivity index (χ3v) is 4.88. The van der Waals surface area contributed by atoms with Gasteiger partial charge in [0.05, 0.1) is 24.2 Å². The molecule has 148 valence electrons. The van der Waals surface area contributed by atoms with Crippen molar-refractivity contribution in [2.24, 2.45) is 11.8 Å². The number of hydrogen-bond donors (Lipinski definition) is 4. The largest absolute Gasteiger partial charge is 0.509 e. The molecule has 0 saturated carbocycles. The second-order valence-corrected chi connectivity index (χ2v) is 8.01. The Morgan fingerprint density at radius 1 is 1.23 bits per heavy atom. The summed E-state index contributed by atoms with van der Waals surface area (Å²) in [5.74, 6) is -1.42. The monoisotopic (exact) mass is 366 g/mol. The maximum absolute atomic E-state index is 12.9. The highest BCUT2D eigenvalue weighted by molar-refractivity contribution is 6.03. The zero-order valence-corrected chi connectivity index (χ0v) is 16.6. The maximum atomic E-state index is 12.9. The first-order chi connectivity index (χ1) is 12.0. The molecular formula is C21H34O5. The van der Waals surface area contributed by atoms with Crippen LogP contribution in [0, 0.1) is 11.8 Å². The summed E-state index contributed by atoms with van der Waals surface area (Å²) in [7, 11) is 0. The molecule has 1 unspecified atom stereocenters. The summed E-state index contributed by atoms with van der Waals surface area (Å²) in [6.07, 6.45) is 3.80. The van der Waals surface area contributed by atoms with Gasteiger partial charge in [-0.25, -0.2) is 0 Å². The zero-order valence-electron chi connectivity index (χ0n) is 16.6. The minimum atomic E-state index is -1.69. The Bertz CT molecular complexity index is 596. The first-order valence-electron chi connectivity index (χ1n) is 9.32. The quantitative estimate of drug-likeness (QED) is 0.470. The summed E-state index contributed by atoms with van der Waals surface area (Å²) < 4.78 is 0. The lowest BCUT2D eigenvalue weighted by atomic mass is 9.82. The lowest BCUT2D eigenvalue weighted by Crippen LogP contribution is -2.38. The van der Waals surface area contributed by atoms with E-state index in [1.807, 2.05) is 33.8 Å². The standard InChI is InChI=1S/C21H34O5/c1-13(2)8-9-16-19(24)18(17(23)11-14(3)4)20(25)21(16,26)10-6-7-15(5)12-22/h7-8,14,16-17,22-23,25-26H,6,9-12H2,1-5H3/t16-,17?,21+/m1/s1. The lowest BCUT2D eigenvalue weighted by Gasteiger charge is -2.29. The van der Waals surface area contributed by atoms with Crippen molar-refractivity contribution < 1.29 is 25.2 Å². The molecule has 0 aromatic heterocycles. The molecule has 0 aromatic carbocycles. The topological polar surface area (TPSA) is 98.0 Å². The van der Waals surface area contributed by atoms with Crippen LogP contribution in [0.3, 0.4) is 0 Å². The van der Waals surface area contributed by atoms with Crippen LogP contribution in [0.1, 0.15) is 60.3 Å². The molecule has 0 saturated heterocycles. The van der Waals surface area contributed by atoms with Crippen LogP contribution < -0.4 is 0 Å². The smallest absolute Gasteiger partial charge is 0.171 e. The van der Waals surface area contributed by atoms with Gasteiger partial charge in [0, 0.05) is 0 Å². The summed E-state index contributed by atoms with van der Waals surface area (Å²) >= 11 is 0.